The van der Waals surface area contributed by atoms with E-state index in [1.807, 2.05) is 12.1 Å². The second kappa shape index (κ2) is 4.26. The molecule has 1 aromatic rings. The number of thioether (sulfide) groups is 1. The highest BCUT2D eigenvalue weighted by molar-refractivity contribution is 8.00. The first-order valence-electron chi connectivity index (χ1n) is 5.89. The van der Waals surface area contributed by atoms with Crippen LogP contribution in [0.15, 0.2) is 23.1 Å². The van der Waals surface area contributed by atoms with Crippen LogP contribution in [0.1, 0.15) is 5.56 Å². The minimum Gasteiger partial charge on any atom is -0.395 e. The maximum atomic E-state index is 11.6. The lowest BCUT2D eigenvalue weighted by molar-refractivity contribution is -0.116. The molecule has 2 aliphatic rings. The normalized spacial score (nSPS) is 21.4. The van der Waals surface area contributed by atoms with E-state index in [2.05, 4.69) is 6.07 Å². The molecular formula is C13H15NO3S. The molecule has 1 fully saturated rings. The Kier molecular flexibility index (Phi) is 2.84. The number of aliphatic hydroxyl groups excluding tert-OH is 1. The van der Waals surface area contributed by atoms with E-state index in [0.717, 1.165) is 16.1 Å². The van der Waals surface area contributed by atoms with Gasteiger partial charge in [0.05, 0.1) is 36.7 Å². The average Bonchev–Trinajstić information content (AvgIpc) is 2.33. The van der Waals surface area contributed by atoms with E-state index in [4.69, 9.17) is 4.74 Å². The number of carbonyl (C=O) groups is 1. The lowest BCUT2D eigenvalue weighted by Crippen LogP contribution is -2.49. The largest absolute Gasteiger partial charge is 0.395 e. The number of amides is 1. The van der Waals surface area contributed by atoms with Crippen LogP contribution in [0, 0.1) is 0 Å². The first-order valence-corrected chi connectivity index (χ1v) is 6.87. The van der Waals surface area contributed by atoms with Gasteiger partial charge in [-0.3, -0.25) is 4.79 Å². The van der Waals surface area contributed by atoms with Crippen LogP contribution in [-0.2, 0) is 14.9 Å². The van der Waals surface area contributed by atoms with Crippen LogP contribution in [-0.4, -0.2) is 43.6 Å². The molecule has 18 heavy (non-hydrogen) atoms. The van der Waals surface area contributed by atoms with E-state index in [0.29, 0.717) is 19.0 Å². The standard InChI is InChI=1S/C13H15NO3S/c1-14-10-3-2-9(13(6-15)7-17-8-13)4-11(10)18-5-12(14)16/h2-4,15H,5-8H2,1H3. The molecule has 1 saturated heterocycles. The molecule has 0 bridgehead atoms. The van der Waals surface area contributed by atoms with Crippen molar-refractivity contribution >= 4 is 23.4 Å². The Hall–Kier alpha value is -1.04. The van der Waals surface area contributed by atoms with E-state index in [9.17, 15) is 9.90 Å². The lowest BCUT2D eigenvalue weighted by Gasteiger charge is -2.41. The summed E-state index contributed by atoms with van der Waals surface area (Å²) in [6, 6.07) is 6.04. The zero-order valence-corrected chi connectivity index (χ0v) is 11.0. The number of rotatable bonds is 2. The van der Waals surface area contributed by atoms with Crippen molar-refractivity contribution in [1.82, 2.24) is 0 Å². The van der Waals surface area contributed by atoms with Crippen LogP contribution in [0.25, 0.3) is 0 Å². The predicted molar refractivity (Wildman–Crippen MR) is 70.2 cm³/mol. The zero-order chi connectivity index (χ0) is 12.8. The molecule has 1 N–H and O–H groups in total. The van der Waals surface area contributed by atoms with Crippen LogP contribution in [0.2, 0.25) is 0 Å². The van der Waals surface area contributed by atoms with E-state index >= 15 is 0 Å². The van der Waals surface area contributed by atoms with Crippen LogP contribution >= 0.6 is 11.8 Å². The van der Waals surface area contributed by atoms with Gasteiger partial charge in [0.2, 0.25) is 5.91 Å². The SMILES string of the molecule is CN1C(=O)CSc2cc(C3(CO)COC3)ccc21. The van der Waals surface area contributed by atoms with Crippen LogP contribution in [0.3, 0.4) is 0 Å². The number of benzene rings is 1. The van der Waals surface area contributed by atoms with Crippen molar-refractivity contribution in [2.45, 2.75) is 10.3 Å². The molecule has 4 nitrogen and oxygen atoms in total. The van der Waals surface area contributed by atoms with Crippen molar-refractivity contribution in [3.05, 3.63) is 23.8 Å². The second-order valence-electron chi connectivity index (χ2n) is 4.86. The van der Waals surface area contributed by atoms with Crippen molar-refractivity contribution in [2.24, 2.45) is 0 Å². The zero-order valence-electron chi connectivity index (χ0n) is 10.2. The summed E-state index contributed by atoms with van der Waals surface area (Å²) in [4.78, 5) is 14.4. The maximum Gasteiger partial charge on any atom is 0.237 e. The number of hydrogen-bond acceptors (Lipinski definition) is 4. The van der Waals surface area contributed by atoms with Crippen molar-refractivity contribution in [1.29, 1.82) is 0 Å². The molecule has 0 saturated carbocycles. The third-order valence-electron chi connectivity index (χ3n) is 3.72. The Morgan fingerprint density at radius 2 is 2.28 bits per heavy atom. The summed E-state index contributed by atoms with van der Waals surface area (Å²) in [5.41, 5.74) is 1.81. The molecule has 1 amide bonds. The number of fused-ring (bicyclic) bond motifs is 1. The van der Waals surface area contributed by atoms with Crippen LogP contribution in [0.5, 0.6) is 0 Å². The average molecular weight is 265 g/mol. The Balaban J connectivity index is 1.99. The third kappa shape index (κ3) is 1.66. The molecule has 0 atom stereocenters. The molecule has 2 aliphatic heterocycles. The number of aliphatic hydroxyl groups is 1. The van der Waals surface area contributed by atoms with Gasteiger partial charge in [0.1, 0.15) is 0 Å². The molecule has 2 heterocycles. The van der Waals surface area contributed by atoms with Crippen molar-refractivity contribution < 1.29 is 14.6 Å². The van der Waals surface area contributed by atoms with Crippen LogP contribution in [0.4, 0.5) is 5.69 Å². The number of ether oxygens (including phenoxy) is 1. The molecule has 0 spiro atoms. The number of carbonyl (C=O) groups excluding carboxylic acids is 1. The summed E-state index contributed by atoms with van der Waals surface area (Å²) in [5, 5.41) is 9.54. The Labute approximate surface area is 110 Å². The van der Waals surface area contributed by atoms with E-state index < -0.39 is 0 Å². The van der Waals surface area contributed by atoms with Gasteiger partial charge in [-0.2, -0.15) is 0 Å². The van der Waals surface area contributed by atoms with Crippen LogP contribution < -0.4 is 4.90 Å². The number of anilines is 1. The summed E-state index contributed by atoms with van der Waals surface area (Å²) in [5.74, 6) is 0.611. The van der Waals surface area contributed by atoms with Crippen molar-refractivity contribution in [3.8, 4) is 0 Å². The van der Waals surface area contributed by atoms with Crippen molar-refractivity contribution in [3.63, 3.8) is 0 Å². The Bertz CT molecular complexity index is 493. The minimum atomic E-state index is -0.240. The van der Waals surface area contributed by atoms with E-state index in [1.165, 1.54) is 0 Å². The van der Waals surface area contributed by atoms with Gasteiger partial charge in [-0.15, -0.1) is 11.8 Å². The molecule has 0 aromatic heterocycles. The molecule has 3 rings (SSSR count). The first kappa shape index (κ1) is 12.0. The fraction of sp³-hybridized carbons (Fsp3) is 0.462. The second-order valence-corrected chi connectivity index (χ2v) is 5.87. The first-order chi connectivity index (χ1) is 8.66. The lowest BCUT2D eigenvalue weighted by atomic mass is 9.79. The maximum absolute atomic E-state index is 11.6. The highest BCUT2D eigenvalue weighted by Gasteiger charge is 2.40. The summed E-state index contributed by atoms with van der Waals surface area (Å²) in [7, 11) is 1.80. The molecule has 0 aliphatic carbocycles. The summed E-state index contributed by atoms with van der Waals surface area (Å²) in [6.07, 6.45) is 0. The monoisotopic (exact) mass is 265 g/mol. The van der Waals surface area contributed by atoms with Gasteiger partial charge in [-0.1, -0.05) is 6.07 Å². The summed E-state index contributed by atoms with van der Waals surface area (Å²) < 4.78 is 5.23. The molecule has 96 valence electrons. The number of nitrogens with zero attached hydrogens (tertiary/aromatic N) is 1. The van der Waals surface area contributed by atoms with Gasteiger partial charge >= 0.3 is 0 Å². The van der Waals surface area contributed by atoms with Gasteiger partial charge in [-0.25, -0.2) is 0 Å². The van der Waals surface area contributed by atoms with Crippen molar-refractivity contribution in [2.75, 3.05) is 37.5 Å². The van der Waals surface area contributed by atoms with Gasteiger partial charge < -0.3 is 14.7 Å². The minimum absolute atomic E-state index is 0.102. The molecule has 5 heteroatoms. The van der Waals surface area contributed by atoms with Gasteiger partial charge in [0.25, 0.3) is 0 Å². The third-order valence-corrected chi connectivity index (χ3v) is 4.75. The summed E-state index contributed by atoms with van der Waals surface area (Å²) >= 11 is 1.56. The van der Waals surface area contributed by atoms with Gasteiger partial charge in [0, 0.05) is 11.9 Å². The molecule has 0 unspecified atom stereocenters. The highest BCUT2D eigenvalue weighted by atomic mass is 32.2. The highest BCUT2D eigenvalue weighted by Crippen LogP contribution is 2.39. The predicted octanol–water partition coefficient (Wildman–Crippen LogP) is 1.02. The fourth-order valence-corrected chi connectivity index (χ4v) is 3.34. The quantitative estimate of drug-likeness (QED) is 0.867. The topological polar surface area (TPSA) is 49.8 Å². The smallest absolute Gasteiger partial charge is 0.237 e. The molecular weight excluding hydrogens is 250 g/mol. The molecule has 1 aromatic carbocycles. The fourth-order valence-electron chi connectivity index (χ4n) is 2.31. The van der Waals surface area contributed by atoms with E-state index in [-0.39, 0.29) is 17.9 Å². The van der Waals surface area contributed by atoms with Gasteiger partial charge in [-0.05, 0) is 17.7 Å². The van der Waals surface area contributed by atoms with E-state index in [1.54, 1.807) is 23.7 Å². The number of hydrogen-bond donors (Lipinski definition) is 1. The summed E-state index contributed by atoms with van der Waals surface area (Å²) in [6.45, 7) is 1.24. The Morgan fingerprint density at radius 3 is 2.89 bits per heavy atom. The van der Waals surface area contributed by atoms with Gasteiger partial charge in [0.15, 0.2) is 0 Å². The molecule has 0 radical (unpaired) electrons. The Morgan fingerprint density at radius 1 is 1.50 bits per heavy atom.